The molecule has 23 heavy (non-hydrogen) atoms. The first kappa shape index (κ1) is 21.4. The summed E-state index contributed by atoms with van der Waals surface area (Å²) in [5.41, 5.74) is 0.193. The Labute approximate surface area is 146 Å². The lowest BCUT2D eigenvalue weighted by Crippen LogP contribution is -2.16. The van der Waals surface area contributed by atoms with Crippen molar-refractivity contribution in [3.8, 4) is 0 Å². The summed E-state index contributed by atoms with van der Waals surface area (Å²) in [4.78, 5) is 23.7. The minimum absolute atomic E-state index is 0.0586. The summed E-state index contributed by atoms with van der Waals surface area (Å²) < 4.78 is 0. The van der Waals surface area contributed by atoms with E-state index in [-0.39, 0.29) is 11.3 Å². The van der Waals surface area contributed by atoms with Crippen LogP contribution in [-0.4, -0.2) is 34.5 Å². The molecule has 1 aromatic rings. The van der Waals surface area contributed by atoms with E-state index in [1.807, 2.05) is 24.8 Å². The first-order valence-corrected chi connectivity index (χ1v) is 8.26. The Kier molecular flexibility index (Phi) is 11.0. The fourth-order valence-electron chi connectivity index (χ4n) is 1.25. The first-order valence-electron chi connectivity index (χ1n) is 6.90. The van der Waals surface area contributed by atoms with Crippen molar-refractivity contribution in [3.05, 3.63) is 63.6 Å². The first-order chi connectivity index (χ1) is 10.8. The van der Waals surface area contributed by atoms with E-state index >= 15 is 0 Å². The van der Waals surface area contributed by atoms with Crippen LogP contribution in [0.2, 0.25) is 0 Å². The third-order valence-corrected chi connectivity index (χ3v) is 4.31. The van der Waals surface area contributed by atoms with E-state index in [0.717, 1.165) is 12.4 Å². The molecule has 5 nitrogen and oxygen atoms in total. The Bertz CT molecular complexity index is 526. The number of nitrogens with zero attached hydrogens (tertiary/aromatic N) is 2. The summed E-state index contributed by atoms with van der Waals surface area (Å²) in [6.07, 6.45) is 3.98. The SMILES string of the molecule is C=CC(=CC)SCN(C)CC.O=C(Cl)c1ccc([N+](=O)[O-])cc1. The van der Waals surface area contributed by atoms with Crippen LogP contribution in [0, 0.1) is 10.1 Å². The number of thioether (sulfide) groups is 1. The minimum atomic E-state index is -0.620. The fraction of sp³-hybridized carbons (Fsp3) is 0.312. The van der Waals surface area contributed by atoms with Gasteiger partial charge in [-0.1, -0.05) is 25.7 Å². The van der Waals surface area contributed by atoms with Crippen molar-refractivity contribution in [2.75, 3.05) is 19.5 Å². The maximum Gasteiger partial charge on any atom is 0.269 e. The minimum Gasteiger partial charge on any atom is -0.297 e. The predicted octanol–water partition coefficient (Wildman–Crippen LogP) is 4.69. The number of rotatable bonds is 7. The van der Waals surface area contributed by atoms with Gasteiger partial charge in [0.15, 0.2) is 0 Å². The van der Waals surface area contributed by atoms with Gasteiger partial charge in [-0.25, -0.2) is 0 Å². The van der Waals surface area contributed by atoms with Crippen LogP contribution in [0.5, 0.6) is 0 Å². The van der Waals surface area contributed by atoms with Crippen molar-refractivity contribution < 1.29 is 9.72 Å². The molecule has 0 aliphatic carbocycles. The predicted molar refractivity (Wildman–Crippen MR) is 98.0 cm³/mol. The molecule has 0 radical (unpaired) electrons. The Morgan fingerprint density at radius 3 is 2.35 bits per heavy atom. The Morgan fingerprint density at radius 2 is 2.00 bits per heavy atom. The van der Waals surface area contributed by atoms with Gasteiger partial charge < -0.3 is 0 Å². The standard InChI is InChI=1S/C9H17NS.C7H4ClNO3/c1-5-9(6-2)11-8-10(4)7-3;8-7(10)5-1-3-6(4-2-5)9(11)12/h5-6H,1,7-8H2,2-4H3;1-4H. The van der Waals surface area contributed by atoms with Crippen molar-refractivity contribution in [2.24, 2.45) is 0 Å². The van der Waals surface area contributed by atoms with Gasteiger partial charge in [-0.15, -0.1) is 11.8 Å². The normalized spacial score (nSPS) is 10.7. The molecule has 0 unspecified atom stereocenters. The van der Waals surface area contributed by atoms with Crippen molar-refractivity contribution in [3.63, 3.8) is 0 Å². The molecular formula is C16H21ClN2O3S. The summed E-state index contributed by atoms with van der Waals surface area (Å²) in [5, 5.41) is 9.55. The lowest BCUT2D eigenvalue weighted by atomic mass is 10.2. The van der Waals surface area contributed by atoms with Gasteiger partial charge in [0.2, 0.25) is 0 Å². The van der Waals surface area contributed by atoms with Crippen LogP contribution in [0.1, 0.15) is 24.2 Å². The molecule has 0 atom stereocenters. The van der Waals surface area contributed by atoms with Crippen LogP contribution in [-0.2, 0) is 0 Å². The maximum absolute atomic E-state index is 10.5. The van der Waals surface area contributed by atoms with Gasteiger partial charge >= 0.3 is 0 Å². The van der Waals surface area contributed by atoms with E-state index in [1.165, 1.54) is 29.2 Å². The van der Waals surface area contributed by atoms with Crippen LogP contribution in [0.15, 0.2) is 47.9 Å². The summed E-state index contributed by atoms with van der Waals surface area (Å²) >= 11 is 6.95. The van der Waals surface area contributed by atoms with Crippen LogP contribution in [0.4, 0.5) is 5.69 Å². The van der Waals surface area contributed by atoms with Gasteiger partial charge in [0, 0.05) is 28.5 Å². The molecule has 0 spiro atoms. The highest BCUT2D eigenvalue weighted by Gasteiger charge is 2.06. The molecule has 0 aliphatic heterocycles. The highest BCUT2D eigenvalue weighted by atomic mass is 35.5. The second-order valence-electron chi connectivity index (χ2n) is 4.42. The number of carbonyl (C=O) groups is 1. The van der Waals surface area contributed by atoms with Crippen molar-refractivity contribution in [1.29, 1.82) is 0 Å². The molecule has 0 saturated carbocycles. The smallest absolute Gasteiger partial charge is 0.269 e. The molecule has 0 N–H and O–H groups in total. The molecule has 126 valence electrons. The van der Waals surface area contributed by atoms with E-state index in [0.29, 0.717) is 0 Å². The second-order valence-corrected chi connectivity index (χ2v) is 5.78. The highest BCUT2D eigenvalue weighted by Crippen LogP contribution is 2.16. The van der Waals surface area contributed by atoms with Crippen molar-refractivity contribution in [1.82, 2.24) is 4.90 Å². The van der Waals surface area contributed by atoms with Gasteiger partial charge in [0.25, 0.3) is 10.9 Å². The Morgan fingerprint density at radius 1 is 1.43 bits per heavy atom. The molecule has 0 saturated heterocycles. The summed E-state index contributed by atoms with van der Waals surface area (Å²) in [6.45, 7) is 9.02. The van der Waals surface area contributed by atoms with Gasteiger partial charge in [-0.2, -0.15) is 0 Å². The molecule has 0 heterocycles. The van der Waals surface area contributed by atoms with E-state index < -0.39 is 10.2 Å². The quantitative estimate of drug-likeness (QED) is 0.233. The number of nitro benzene ring substituents is 1. The lowest BCUT2D eigenvalue weighted by Gasteiger charge is -2.12. The van der Waals surface area contributed by atoms with E-state index in [2.05, 4.69) is 31.5 Å². The van der Waals surface area contributed by atoms with Gasteiger partial charge in [0.05, 0.1) is 4.92 Å². The number of nitro groups is 1. The Hall–Kier alpha value is -1.63. The molecule has 0 aliphatic rings. The summed E-state index contributed by atoms with van der Waals surface area (Å²) in [5.74, 6) is 1.04. The van der Waals surface area contributed by atoms with E-state index in [9.17, 15) is 14.9 Å². The fourth-order valence-corrected chi connectivity index (χ4v) is 2.21. The topological polar surface area (TPSA) is 63.5 Å². The molecule has 0 amide bonds. The number of allylic oxidation sites excluding steroid dienone is 2. The zero-order valence-corrected chi connectivity index (χ0v) is 15.1. The van der Waals surface area contributed by atoms with Crippen LogP contribution < -0.4 is 0 Å². The molecule has 1 rings (SSSR count). The molecule has 7 heteroatoms. The van der Waals surface area contributed by atoms with Crippen LogP contribution in [0.3, 0.4) is 0 Å². The van der Waals surface area contributed by atoms with E-state index in [4.69, 9.17) is 11.6 Å². The monoisotopic (exact) mass is 356 g/mol. The number of carbonyl (C=O) groups excluding carboxylic acids is 1. The van der Waals surface area contributed by atoms with Crippen LogP contribution >= 0.6 is 23.4 Å². The Balaban J connectivity index is 0.000000423. The zero-order valence-electron chi connectivity index (χ0n) is 13.5. The van der Waals surface area contributed by atoms with Gasteiger partial charge in [-0.3, -0.25) is 19.8 Å². The average molecular weight is 357 g/mol. The number of halogens is 1. The largest absolute Gasteiger partial charge is 0.297 e. The van der Waals surface area contributed by atoms with Crippen LogP contribution in [0.25, 0.3) is 0 Å². The maximum atomic E-state index is 10.5. The number of hydrogen-bond donors (Lipinski definition) is 0. The summed E-state index contributed by atoms with van der Waals surface area (Å²) in [6, 6.07) is 5.09. The number of hydrogen-bond acceptors (Lipinski definition) is 5. The second kappa shape index (κ2) is 11.9. The molecule has 1 aromatic carbocycles. The van der Waals surface area contributed by atoms with E-state index in [1.54, 1.807) is 0 Å². The summed E-state index contributed by atoms with van der Waals surface area (Å²) in [7, 11) is 2.11. The third-order valence-electron chi connectivity index (χ3n) is 2.78. The van der Waals surface area contributed by atoms with Gasteiger partial charge in [0.1, 0.15) is 0 Å². The third kappa shape index (κ3) is 9.18. The molecular weight excluding hydrogens is 336 g/mol. The number of non-ortho nitro benzene ring substituents is 1. The molecule has 0 bridgehead atoms. The number of benzene rings is 1. The highest BCUT2D eigenvalue weighted by molar-refractivity contribution is 8.03. The molecule has 0 fully saturated rings. The van der Waals surface area contributed by atoms with Crippen molar-refractivity contribution >= 4 is 34.3 Å². The van der Waals surface area contributed by atoms with Gasteiger partial charge in [-0.05, 0) is 44.2 Å². The average Bonchev–Trinajstić information content (AvgIpc) is 2.56. The lowest BCUT2D eigenvalue weighted by molar-refractivity contribution is -0.384. The molecule has 0 aromatic heterocycles. The van der Waals surface area contributed by atoms with Crippen molar-refractivity contribution in [2.45, 2.75) is 13.8 Å². The zero-order chi connectivity index (χ0) is 17.8.